The molecule has 0 aliphatic heterocycles. The van der Waals surface area contributed by atoms with Crippen LogP contribution in [0.4, 0.5) is 0 Å². The molecule has 0 heteroatoms. The fraction of sp³-hybridized carbons (Fsp3) is 0.935. The molecule has 0 rings (SSSR count). The monoisotopic (exact) mass is 434 g/mol. The first-order valence-electron chi connectivity index (χ1n) is 14.5. The Morgan fingerprint density at radius 1 is 0.516 bits per heavy atom. The first-order valence-corrected chi connectivity index (χ1v) is 14.5. The zero-order valence-electron chi connectivity index (χ0n) is 23.1. The standard InChI is InChI=1S/C31H62/c1-9-28(5)29(6)24-20-16-12-10-11-14-18-22-27(4)23-19-15-13-17-21-25-30(7)31(8)26(2)3/h26,28-31H,4,9-25H2,1-3,5-8H3. The molecule has 0 amide bonds. The maximum absolute atomic E-state index is 4.34. The Labute approximate surface area is 199 Å². The van der Waals surface area contributed by atoms with Crippen molar-refractivity contribution in [3.63, 3.8) is 0 Å². The summed E-state index contributed by atoms with van der Waals surface area (Å²) in [5.41, 5.74) is 1.51. The first kappa shape index (κ1) is 30.7. The third-order valence-corrected chi connectivity index (χ3v) is 8.44. The minimum atomic E-state index is 0.828. The minimum absolute atomic E-state index is 0.828. The van der Waals surface area contributed by atoms with Crippen LogP contribution in [0.3, 0.4) is 0 Å². The molecule has 0 saturated heterocycles. The van der Waals surface area contributed by atoms with E-state index in [0.29, 0.717) is 0 Å². The molecule has 0 N–H and O–H groups in total. The van der Waals surface area contributed by atoms with Gasteiger partial charge in [-0.25, -0.2) is 0 Å². The van der Waals surface area contributed by atoms with Crippen LogP contribution in [0.25, 0.3) is 0 Å². The maximum Gasteiger partial charge on any atom is -0.0323 e. The van der Waals surface area contributed by atoms with E-state index >= 15 is 0 Å². The van der Waals surface area contributed by atoms with Crippen LogP contribution < -0.4 is 0 Å². The van der Waals surface area contributed by atoms with E-state index in [-0.39, 0.29) is 0 Å². The zero-order chi connectivity index (χ0) is 23.5. The van der Waals surface area contributed by atoms with Crippen molar-refractivity contribution in [1.29, 1.82) is 0 Å². The molecule has 0 aliphatic rings. The lowest BCUT2D eigenvalue weighted by Gasteiger charge is -2.23. The number of hydrogen-bond acceptors (Lipinski definition) is 0. The molecule has 0 fully saturated rings. The maximum atomic E-state index is 4.34. The Balaban J connectivity index is 3.39. The van der Waals surface area contributed by atoms with Crippen molar-refractivity contribution in [2.24, 2.45) is 29.6 Å². The van der Waals surface area contributed by atoms with Gasteiger partial charge in [-0.15, -0.1) is 0 Å². The predicted octanol–water partition coefficient (Wildman–Crippen LogP) is 11.4. The van der Waals surface area contributed by atoms with Crippen LogP contribution in [0, 0.1) is 29.6 Å². The van der Waals surface area contributed by atoms with E-state index in [1.165, 1.54) is 115 Å². The molecule has 0 heterocycles. The van der Waals surface area contributed by atoms with Crippen LogP contribution in [0.5, 0.6) is 0 Å². The van der Waals surface area contributed by atoms with Crippen LogP contribution in [-0.4, -0.2) is 0 Å². The first-order chi connectivity index (χ1) is 14.8. The number of rotatable bonds is 22. The SMILES string of the molecule is C=C(CCCCCCCCCC(C)C(C)CC)CCCCCCCC(C)C(C)C(C)C. The lowest BCUT2D eigenvalue weighted by molar-refractivity contribution is 0.275. The smallest absolute Gasteiger partial charge is 0.0323 e. The van der Waals surface area contributed by atoms with Gasteiger partial charge < -0.3 is 0 Å². The lowest BCUT2D eigenvalue weighted by atomic mass is 9.83. The molecule has 31 heavy (non-hydrogen) atoms. The lowest BCUT2D eigenvalue weighted by Crippen LogP contribution is -2.14. The molecule has 0 aromatic carbocycles. The summed E-state index contributed by atoms with van der Waals surface area (Å²) in [6.07, 6.45) is 23.8. The Morgan fingerprint density at radius 2 is 0.903 bits per heavy atom. The van der Waals surface area contributed by atoms with Gasteiger partial charge in [0.25, 0.3) is 0 Å². The molecule has 0 aliphatic carbocycles. The third kappa shape index (κ3) is 17.9. The normalized spacial score (nSPS) is 15.7. The molecule has 4 unspecified atom stereocenters. The quantitative estimate of drug-likeness (QED) is 0.117. The van der Waals surface area contributed by atoms with Gasteiger partial charge in [0.1, 0.15) is 0 Å². The van der Waals surface area contributed by atoms with Crippen LogP contribution in [0.15, 0.2) is 12.2 Å². The summed E-state index contributed by atoms with van der Waals surface area (Å²) in [4.78, 5) is 0. The number of allylic oxidation sites excluding steroid dienone is 1. The van der Waals surface area contributed by atoms with E-state index in [9.17, 15) is 0 Å². The summed E-state index contributed by atoms with van der Waals surface area (Å²) in [6, 6.07) is 0. The Morgan fingerprint density at radius 3 is 1.32 bits per heavy atom. The molecule has 0 radical (unpaired) electrons. The van der Waals surface area contributed by atoms with Crippen LogP contribution in [0.2, 0.25) is 0 Å². The minimum Gasteiger partial charge on any atom is -0.0999 e. The zero-order valence-corrected chi connectivity index (χ0v) is 23.1. The van der Waals surface area contributed by atoms with Crippen LogP contribution >= 0.6 is 0 Å². The number of unbranched alkanes of at least 4 members (excludes halogenated alkanes) is 10. The van der Waals surface area contributed by atoms with Crippen molar-refractivity contribution in [2.75, 3.05) is 0 Å². The van der Waals surface area contributed by atoms with E-state index in [4.69, 9.17) is 0 Å². The second-order valence-corrected chi connectivity index (χ2v) is 11.5. The predicted molar refractivity (Wildman–Crippen MR) is 145 cm³/mol. The fourth-order valence-electron chi connectivity index (χ4n) is 4.83. The summed E-state index contributed by atoms with van der Waals surface area (Å²) in [7, 11) is 0. The molecule has 0 spiro atoms. The van der Waals surface area contributed by atoms with Gasteiger partial charge in [0, 0.05) is 0 Å². The second-order valence-electron chi connectivity index (χ2n) is 11.5. The van der Waals surface area contributed by atoms with Crippen molar-refractivity contribution >= 4 is 0 Å². The molecule has 0 saturated carbocycles. The van der Waals surface area contributed by atoms with E-state index in [1.807, 2.05) is 0 Å². The highest BCUT2D eigenvalue weighted by Gasteiger charge is 2.14. The van der Waals surface area contributed by atoms with E-state index in [0.717, 1.165) is 29.6 Å². The van der Waals surface area contributed by atoms with Gasteiger partial charge in [-0.3, -0.25) is 0 Å². The van der Waals surface area contributed by atoms with Gasteiger partial charge in [-0.05, 0) is 55.3 Å². The Bertz CT molecular complexity index is 393. The Hall–Kier alpha value is -0.260. The van der Waals surface area contributed by atoms with Crippen molar-refractivity contribution in [1.82, 2.24) is 0 Å². The molecule has 0 aromatic heterocycles. The topological polar surface area (TPSA) is 0 Å². The van der Waals surface area contributed by atoms with E-state index in [2.05, 4.69) is 55.0 Å². The van der Waals surface area contributed by atoms with Crippen LogP contribution in [0.1, 0.15) is 158 Å². The molecule has 4 atom stereocenters. The van der Waals surface area contributed by atoms with E-state index < -0.39 is 0 Å². The second kappa shape index (κ2) is 20.4. The highest BCUT2D eigenvalue weighted by atomic mass is 14.2. The summed E-state index contributed by atoms with van der Waals surface area (Å²) >= 11 is 0. The number of hydrogen-bond donors (Lipinski definition) is 0. The van der Waals surface area contributed by atoms with Gasteiger partial charge in [0.2, 0.25) is 0 Å². The summed E-state index contributed by atoms with van der Waals surface area (Å²) in [6.45, 7) is 21.1. The summed E-state index contributed by atoms with van der Waals surface area (Å²) < 4.78 is 0. The van der Waals surface area contributed by atoms with Crippen LogP contribution in [-0.2, 0) is 0 Å². The molecular formula is C31H62. The van der Waals surface area contributed by atoms with Crippen molar-refractivity contribution in [3.8, 4) is 0 Å². The largest absolute Gasteiger partial charge is 0.0999 e. The van der Waals surface area contributed by atoms with Crippen molar-refractivity contribution in [3.05, 3.63) is 12.2 Å². The van der Waals surface area contributed by atoms with Crippen molar-refractivity contribution < 1.29 is 0 Å². The summed E-state index contributed by atoms with van der Waals surface area (Å²) in [5, 5.41) is 0. The van der Waals surface area contributed by atoms with Gasteiger partial charge in [-0.2, -0.15) is 0 Å². The van der Waals surface area contributed by atoms with Gasteiger partial charge in [0.05, 0.1) is 0 Å². The molecular weight excluding hydrogens is 372 g/mol. The van der Waals surface area contributed by atoms with Gasteiger partial charge in [-0.1, -0.05) is 144 Å². The Kier molecular flexibility index (Phi) is 20.2. The molecule has 0 bridgehead atoms. The van der Waals surface area contributed by atoms with E-state index in [1.54, 1.807) is 0 Å². The highest BCUT2D eigenvalue weighted by molar-refractivity contribution is 4.93. The average molecular weight is 435 g/mol. The molecule has 0 aromatic rings. The third-order valence-electron chi connectivity index (χ3n) is 8.44. The average Bonchev–Trinajstić information content (AvgIpc) is 2.75. The van der Waals surface area contributed by atoms with Gasteiger partial charge >= 0.3 is 0 Å². The highest BCUT2D eigenvalue weighted by Crippen LogP contribution is 2.25. The van der Waals surface area contributed by atoms with Gasteiger partial charge in [0.15, 0.2) is 0 Å². The summed E-state index contributed by atoms with van der Waals surface area (Å²) in [5.74, 6) is 4.40. The van der Waals surface area contributed by atoms with Crippen molar-refractivity contribution in [2.45, 2.75) is 158 Å². The fourth-order valence-corrected chi connectivity index (χ4v) is 4.83. The molecule has 0 nitrogen and oxygen atoms in total. The molecule has 186 valence electrons.